The Morgan fingerprint density at radius 2 is 1.79 bits per heavy atom. The summed E-state index contributed by atoms with van der Waals surface area (Å²) >= 11 is 10.0. The van der Waals surface area contributed by atoms with Crippen LogP contribution in [0.2, 0.25) is 5.02 Å². The summed E-state index contributed by atoms with van der Waals surface area (Å²) in [4.78, 5) is 7.58. The van der Waals surface area contributed by atoms with Crippen LogP contribution in [-0.4, -0.2) is 34.1 Å². The Balaban J connectivity index is 1.36. The van der Waals surface area contributed by atoms with Crippen LogP contribution in [0.4, 0.5) is 0 Å². The number of phenols is 1. The molecular weight excluding hydrogens is 496 g/mol. The molecule has 172 valence electrons. The number of phenolic OH excluding ortho intramolecular Hbond substituents is 1. The van der Waals surface area contributed by atoms with Crippen LogP contribution in [-0.2, 0) is 19.3 Å². The monoisotopic (exact) mass is 524 g/mol. The minimum atomic E-state index is 0.331. The molecule has 2 unspecified atom stereocenters. The van der Waals surface area contributed by atoms with E-state index < -0.39 is 0 Å². The van der Waals surface area contributed by atoms with Crippen LogP contribution in [0.1, 0.15) is 53.6 Å². The number of fused-ring (bicyclic) bond motifs is 2. The van der Waals surface area contributed by atoms with Gasteiger partial charge in [0.25, 0.3) is 0 Å². The molecule has 3 nitrogen and oxygen atoms in total. The van der Waals surface area contributed by atoms with Gasteiger partial charge in [-0.2, -0.15) is 0 Å². The van der Waals surface area contributed by atoms with Gasteiger partial charge in [0.2, 0.25) is 0 Å². The maximum Gasteiger partial charge on any atom is 0.115 e. The molecule has 5 heteroatoms. The molecule has 0 saturated carbocycles. The van der Waals surface area contributed by atoms with Gasteiger partial charge in [0.1, 0.15) is 5.75 Å². The predicted octanol–water partition coefficient (Wildman–Crippen LogP) is 6.78. The van der Waals surface area contributed by atoms with Gasteiger partial charge in [-0.3, -0.25) is 4.98 Å². The fraction of sp³-hybridized carbons (Fsp3) is 0.393. The topological polar surface area (TPSA) is 36.4 Å². The van der Waals surface area contributed by atoms with Crippen LogP contribution in [0.5, 0.6) is 5.75 Å². The molecule has 3 aromatic rings. The van der Waals surface area contributed by atoms with Gasteiger partial charge in [-0.25, -0.2) is 0 Å². The van der Waals surface area contributed by atoms with Gasteiger partial charge < -0.3 is 10.0 Å². The first-order valence-corrected chi connectivity index (χ1v) is 13.1. The minimum absolute atomic E-state index is 0.331. The molecule has 1 saturated heterocycles. The summed E-state index contributed by atoms with van der Waals surface area (Å²) in [6.07, 6.45) is 7.33. The molecule has 1 aromatic heterocycles. The standard InChI is InChI=1S/C28H30BrClN2O/c1-18(14-19-2-7-25(33)8-3-19)32-12-10-20(11-13-32)27-26-9-6-24(30)16-21(26)4-5-22-15-23(29)17-31-28(22)27/h2-3,6-9,15-18,20,27,33H,4-5,10-14H2,1H3. The molecule has 1 aliphatic carbocycles. The number of hydrogen-bond donors (Lipinski definition) is 1. The number of piperidine rings is 1. The number of likely N-dealkylation sites (tertiary alicyclic amines) is 1. The van der Waals surface area contributed by atoms with Crippen LogP contribution < -0.4 is 0 Å². The van der Waals surface area contributed by atoms with Crippen LogP contribution in [0.25, 0.3) is 0 Å². The van der Waals surface area contributed by atoms with E-state index >= 15 is 0 Å². The number of aromatic nitrogens is 1. The largest absolute Gasteiger partial charge is 0.508 e. The van der Waals surface area contributed by atoms with Crippen molar-refractivity contribution in [3.63, 3.8) is 0 Å². The first kappa shape index (κ1) is 22.9. The zero-order chi connectivity index (χ0) is 22.9. The first-order chi connectivity index (χ1) is 16.0. The Morgan fingerprint density at radius 1 is 1.06 bits per heavy atom. The third kappa shape index (κ3) is 4.99. The van der Waals surface area contributed by atoms with Gasteiger partial charge in [-0.1, -0.05) is 29.8 Å². The van der Waals surface area contributed by atoms with Crippen molar-refractivity contribution in [3.8, 4) is 5.75 Å². The van der Waals surface area contributed by atoms with E-state index in [1.165, 1.54) is 40.8 Å². The number of rotatable bonds is 4. The third-order valence-corrected chi connectivity index (χ3v) is 8.17. The highest BCUT2D eigenvalue weighted by molar-refractivity contribution is 9.10. The van der Waals surface area contributed by atoms with E-state index in [0.29, 0.717) is 23.6 Å². The Labute approximate surface area is 209 Å². The van der Waals surface area contributed by atoms with Gasteiger partial charge in [0.05, 0.1) is 5.69 Å². The number of aromatic hydroxyl groups is 1. The van der Waals surface area contributed by atoms with Crippen molar-refractivity contribution in [3.05, 3.63) is 92.2 Å². The van der Waals surface area contributed by atoms with E-state index in [9.17, 15) is 5.11 Å². The van der Waals surface area contributed by atoms with Crippen molar-refractivity contribution in [2.45, 2.75) is 51.0 Å². The molecular formula is C28H30BrClN2O. The molecule has 0 amide bonds. The molecule has 1 N–H and O–H groups in total. The molecule has 1 aliphatic heterocycles. The second-order valence-electron chi connectivity index (χ2n) is 9.61. The van der Waals surface area contributed by atoms with Crippen LogP contribution in [0.3, 0.4) is 0 Å². The average Bonchev–Trinajstić information content (AvgIpc) is 2.97. The molecule has 0 bridgehead atoms. The molecule has 0 radical (unpaired) electrons. The smallest absolute Gasteiger partial charge is 0.115 e. The summed E-state index contributed by atoms with van der Waals surface area (Å²) in [5, 5.41) is 10.4. The second-order valence-corrected chi connectivity index (χ2v) is 11.0. The van der Waals surface area contributed by atoms with Crippen LogP contribution in [0.15, 0.2) is 59.2 Å². The minimum Gasteiger partial charge on any atom is -0.508 e. The van der Waals surface area contributed by atoms with Crippen molar-refractivity contribution in [2.75, 3.05) is 13.1 Å². The molecule has 33 heavy (non-hydrogen) atoms. The van der Waals surface area contributed by atoms with Crippen molar-refractivity contribution < 1.29 is 5.11 Å². The molecule has 2 atom stereocenters. The highest BCUT2D eigenvalue weighted by atomic mass is 79.9. The molecule has 5 rings (SSSR count). The summed E-state index contributed by atoms with van der Waals surface area (Å²) in [5.41, 5.74) is 6.70. The Hall–Kier alpha value is -1.88. The summed E-state index contributed by atoms with van der Waals surface area (Å²) in [6, 6.07) is 16.8. The summed E-state index contributed by atoms with van der Waals surface area (Å²) in [5.74, 6) is 1.24. The van der Waals surface area contributed by atoms with Gasteiger partial charge in [0.15, 0.2) is 0 Å². The number of nitrogens with zero attached hydrogens (tertiary/aromatic N) is 2. The summed E-state index contributed by atoms with van der Waals surface area (Å²) in [7, 11) is 0. The SMILES string of the molecule is CC(Cc1ccc(O)cc1)N1CCC(C2c3ccc(Cl)cc3CCc3cc(Br)cnc32)CC1. The number of aryl methyl sites for hydroxylation is 2. The van der Waals surface area contributed by atoms with Gasteiger partial charge in [-0.15, -0.1) is 0 Å². The maximum absolute atomic E-state index is 9.56. The predicted molar refractivity (Wildman–Crippen MR) is 138 cm³/mol. The van der Waals surface area contributed by atoms with Gasteiger partial charge in [0, 0.05) is 27.7 Å². The van der Waals surface area contributed by atoms with Crippen molar-refractivity contribution in [1.29, 1.82) is 0 Å². The Kier molecular flexibility index (Phi) is 6.78. The number of pyridine rings is 1. The zero-order valence-electron chi connectivity index (χ0n) is 19.0. The highest BCUT2D eigenvalue weighted by Crippen LogP contribution is 2.43. The summed E-state index contributed by atoms with van der Waals surface area (Å²) in [6.45, 7) is 4.54. The quantitative estimate of drug-likeness (QED) is 0.408. The average molecular weight is 526 g/mol. The second kappa shape index (κ2) is 9.77. The number of halogens is 2. The first-order valence-electron chi connectivity index (χ1n) is 11.9. The van der Waals surface area contributed by atoms with Crippen LogP contribution >= 0.6 is 27.5 Å². The lowest BCUT2D eigenvalue weighted by Crippen LogP contribution is -2.42. The zero-order valence-corrected chi connectivity index (χ0v) is 21.3. The normalized spacial score (nSPS) is 20.0. The fourth-order valence-corrected chi connectivity index (χ4v) is 6.33. The van der Waals surface area contributed by atoms with E-state index in [-0.39, 0.29) is 0 Å². The molecule has 0 spiro atoms. The fourth-order valence-electron chi connectivity index (χ4n) is 5.76. The number of benzene rings is 2. The maximum atomic E-state index is 9.56. The van der Waals surface area contributed by atoms with E-state index in [0.717, 1.165) is 41.8 Å². The molecule has 2 heterocycles. The Morgan fingerprint density at radius 3 is 2.55 bits per heavy atom. The van der Waals surface area contributed by atoms with E-state index in [1.54, 1.807) is 12.1 Å². The van der Waals surface area contributed by atoms with E-state index in [2.05, 4.69) is 46.0 Å². The molecule has 1 fully saturated rings. The lowest BCUT2D eigenvalue weighted by Gasteiger charge is -2.39. The third-order valence-electron chi connectivity index (χ3n) is 7.50. The lowest BCUT2D eigenvalue weighted by molar-refractivity contribution is 0.133. The van der Waals surface area contributed by atoms with Crippen molar-refractivity contribution in [2.24, 2.45) is 5.92 Å². The summed E-state index contributed by atoms with van der Waals surface area (Å²) < 4.78 is 1.06. The van der Waals surface area contributed by atoms with Crippen LogP contribution in [0, 0.1) is 5.92 Å². The van der Waals surface area contributed by atoms with Gasteiger partial charge >= 0.3 is 0 Å². The Bertz CT molecular complexity index is 1070. The lowest BCUT2D eigenvalue weighted by atomic mass is 9.76. The number of hydrogen-bond acceptors (Lipinski definition) is 3. The van der Waals surface area contributed by atoms with E-state index in [4.69, 9.17) is 16.6 Å². The van der Waals surface area contributed by atoms with E-state index in [1.807, 2.05) is 24.4 Å². The highest BCUT2D eigenvalue weighted by Gasteiger charge is 2.34. The molecule has 2 aliphatic rings. The van der Waals surface area contributed by atoms with Crippen molar-refractivity contribution in [1.82, 2.24) is 9.88 Å². The van der Waals surface area contributed by atoms with Gasteiger partial charge in [-0.05, 0) is 127 Å². The van der Waals surface area contributed by atoms with Crippen molar-refractivity contribution >= 4 is 27.5 Å². The molecule has 2 aromatic carbocycles.